The van der Waals surface area contributed by atoms with Crippen molar-refractivity contribution < 1.29 is 14.4 Å². The fourth-order valence-electron chi connectivity index (χ4n) is 2.41. The Kier molecular flexibility index (Phi) is 6.80. The molecule has 2 aromatic carbocycles. The number of carbonyl (C=O) groups excluding carboxylic acids is 3. The van der Waals surface area contributed by atoms with Crippen LogP contribution in [0.5, 0.6) is 0 Å². The lowest BCUT2D eigenvalue weighted by Crippen LogP contribution is -2.51. The minimum absolute atomic E-state index is 0.0154. The Labute approximate surface area is 169 Å². The molecule has 0 aliphatic carbocycles. The van der Waals surface area contributed by atoms with Crippen molar-refractivity contribution in [1.82, 2.24) is 16.2 Å². The summed E-state index contributed by atoms with van der Waals surface area (Å²) in [5, 5.41) is 2.83. The van der Waals surface area contributed by atoms with Crippen LogP contribution in [0.25, 0.3) is 0 Å². The summed E-state index contributed by atoms with van der Waals surface area (Å²) in [7, 11) is 0. The van der Waals surface area contributed by atoms with Gasteiger partial charge in [0.05, 0.1) is 10.6 Å². The molecule has 0 heterocycles. The standard InChI is InChI=1S/C21H24ClN3O3/c1-13(23-20(28)16-7-5-6-8-17(16)22)18(26)24-25-19(27)14-9-11-15(12-10-14)21(2,3)4/h5-13H,1-4H3,(H,23,28)(H,24,26)(H,25,27)/t13-/m0/s1. The second-order valence-corrected chi connectivity index (χ2v) is 7.85. The normalized spacial score (nSPS) is 12.0. The minimum Gasteiger partial charge on any atom is -0.340 e. The fraction of sp³-hybridized carbons (Fsp3) is 0.286. The molecule has 7 heteroatoms. The van der Waals surface area contributed by atoms with Crippen molar-refractivity contribution in [3.63, 3.8) is 0 Å². The zero-order valence-corrected chi connectivity index (χ0v) is 17.1. The summed E-state index contributed by atoms with van der Waals surface area (Å²) < 4.78 is 0. The quantitative estimate of drug-likeness (QED) is 0.687. The first-order valence-electron chi connectivity index (χ1n) is 8.85. The molecule has 148 valence electrons. The van der Waals surface area contributed by atoms with Crippen LogP contribution in [0.2, 0.25) is 5.02 Å². The Hall–Kier alpha value is -2.86. The molecule has 1 atom stereocenters. The van der Waals surface area contributed by atoms with Crippen LogP contribution >= 0.6 is 11.6 Å². The number of hydrogen-bond donors (Lipinski definition) is 3. The summed E-state index contributed by atoms with van der Waals surface area (Å²) >= 11 is 5.97. The lowest BCUT2D eigenvalue weighted by molar-refractivity contribution is -0.123. The van der Waals surface area contributed by atoms with Gasteiger partial charge in [-0.15, -0.1) is 0 Å². The van der Waals surface area contributed by atoms with E-state index < -0.39 is 23.8 Å². The third-order valence-corrected chi connectivity index (χ3v) is 4.50. The third kappa shape index (κ3) is 5.57. The third-order valence-electron chi connectivity index (χ3n) is 4.17. The van der Waals surface area contributed by atoms with Gasteiger partial charge in [-0.25, -0.2) is 0 Å². The highest BCUT2D eigenvalue weighted by molar-refractivity contribution is 6.33. The molecule has 0 unspecified atom stereocenters. The molecule has 28 heavy (non-hydrogen) atoms. The highest BCUT2D eigenvalue weighted by atomic mass is 35.5. The monoisotopic (exact) mass is 401 g/mol. The molecular formula is C21H24ClN3O3. The second-order valence-electron chi connectivity index (χ2n) is 7.45. The van der Waals surface area contributed by atoms with E-state index in [0.29, 0.717) is 10.6 Å². The maximum atomic E-state index is 12.2. The summed E-state index contributed by atoms with van der Waals surface area (Å²) in [4.78, 5) is 36.5. The van der Waals surface area contributed by atoms with Crippen LogP contribution in [0.1, 0.15) is 54.0 Å². The van der Waals surface area contributed by atoms with Gasteiger partial charge in [-0.05, 0) is 42.2 Å². The highest BCUT2D eigenvalue weighted by Crippen LogP contribution is 2.22. The van der Waals surface area contributed by atoms with Crippen molar-refractivity contribution in [1.29, 1.82) is 0 Å². The Morgan fingerprint density at radius 1 is 0.893 bits per heavy atom. The average molecular weight is 402 g/mol. The molecule has 2 rings (SSSR count). The minimum atomic E-state index is -0.868. The predicted molar refractivity (Wildman–Crippen MR) is 109 cm³/mol. The fourth-order valence-corrected chi connectivity index (χ4v) is 2.63. The van der Waals surface area contributed by atoms with Gasteiger partial charge < -0.3 is 5.32 Å². The lowest BCUT2D eigenvalue weighted by atomic mass is 9.87. The Balaban J connectivity index is 1.89. The largest absolute Gasteiger partial charge is 0.340 e. The van der Waals surface area contributed by atoms with Crippen LogP contribution in [-0.2, 0) is 10.2 Å². The van der Waals surface area contributed by atoms with E-state index in [1.807, 2.05) is 12.1 Å². The molecule has 0 aliphatic heterocycles. The van der Waals surface area contributed by atoms with Gasteiger partial charge in [0.2, 0.25) is 0 Å². The van der Waals surface area contributed by atoms with Crippen LogP contribution in [0.3, 0.4) is 0 Å². The molecule has 6 nitrogen and oxygen atoms in total. The molecule has 0 saturated carbocycles. The second kappa shape index (κ2) is 8.89. The van der Waals surface area contributed by atoms with E-state index >= 15 is 0 Å². The summed E-state index contributed by atoms with van der Waals surface area (Å²) in [5.74, 6) is -1.48. The van der Waals surface area contributed by atoms with E-state index in [1.165, 1.54) is 6.92 Å². The SMILES string of the molecule is C[C@H](NC(=O)c1ccccc1Cl)C(=O)NNC(=O)c1ccc(C(C)(C)C)cc1. The Bertz CT molecular complexity index is 873. The predicted octanol–water partition coefficient (Wildman–Crippen LogP) is 3.22. The van der Waals surface area contributed by atoms with E-state index in [2.05, 4.69) is 36.9 Å². The van der Waals surface area contributed by atoms with Gasteiger partial charge in [-0.2, -0.15) is 0 Å². The molecule has 3 N–H and O–H groups in total. The summed E-state index contributed by atoms with van der Waals surface area (Å²) in [5.41, 5.74) is 6.43. The molecule has 3 amide bonds. The molecule has 0 aromatic heterocycles. The first-order chi connectivity index (χ1) is 13.1. The average Bonchev–Trinajstić information content (AvgIpc) is 2.65. The van der Waals surface area contributed by atoms with Gasteiger partial charge >= 0.3 is 0 Å². The first kappa shape index (κ1) is 21.4. The van der Waals surface area contributed by atoms with Crippen molar-refractivity contribution in [2.45, 2.75) is 39.2 Å². The molecule has 0 saturated heterocycles. The number of carbonyl (C=O) groups is 3. The summed E-state index contributed by atoms with van der Waals surface area (Å²) in [6.07, 6.45) is 0. The maximum Gasteiger partial charge on any atom is 0.269 e. The summed E-state index contributed by atoms with van der Waals surface area (Å²) in [6.45, 7) is 7.76. The van der Waals surface area contributed by atoms with Crippen molar-refractivity contribution in [2.75, 3.05) is 0 Å². The smallest absolute Gasteiger partial charge is 0.269 e. The van der Waals surface area contributed by atoms with Crippen molar-refractivity contribution in [3.8, 4) is 0 Å². The zero-order valence-electron chi connectivity index (χ0n) is 16.3. The number of nitrogens with one attached hydrogen (secondary N) is 3. The van der Waals surface area contributed by atoms with Gasteiger partial charge in [-0.3, -0.25) is 25.2 Å². The van der Waals surface area contributed by atoms with Crippen LogP contribution < -0.4 is 16.2 Å². The van der Waals surface area contributed by atoms with Crippen LogP contribution in [0.4, 0.5) is 0 Å². The van der Waals surface area contributed by atoms with Gasteiger partial charge in [0.15, 0.2) is 0 Å². The van der Waals surface area contributed by atoms with E-state index in [4.69, 9.17) is 11.6 Å². The van der Waals surface area contributed by atoms with Crippen LogP contribution in [-0.4, -0.2) is 23.8 Å². The number of halogens is 1. The lowest BCUT2D eigenvalue weighted by Gasteiger charge is -2.19. The van der Waals surface area contributed by atoms with E-state index in [0.717, 1.165) is 5.56 Å². The molecule has 0 aliphatic rings. The number of hydrazine groups is 1. The topological polar surface area (TPSA) is 87.3 Å². The van der Waals surface area contributed by atoms with Gasteiger partial charge in [-0.1, -0.05) is 56.6 Å². The van der Waals surface area contributed by atoms with Crippen molar-refractivity contribution in [2.24, 2.45) is 0 Å². The van der Waals surface area contributed by atoms with E-state index in [1.54, 1.807) is 36.4 Å². The molecular weight excluding hydrogens is 378 g/mol. The van der Waals surface area contributed by atoms with Crippen molar-refractivity contribution in [3.05, 3.63) is 70.2 Å². The molecule has 0 radical (unpaired) electrons. The number of amides is 3. The van der Waals surface area contributed by atoms with E-state index in [9.17, 15) is 14.4 Å². The number of rotatable bonds is 4. The molecule has 0 fully saturated rings. The molecule has 0 bridgehead atoms. The van der Waals surface area contributed by atoms with Gasteiger partial charge in [0.25, 0.3) is 17.7 Å². The molecule has 2 aromatic rings. The highest BCUT2D eigenvalue weighted by Gasteiger charge is 2.19. The molecule has 0 spiro atoms. The van der Waals surface area contributed by atoms with Crippen LogP contribution in [0, 0.1) is 0 Å². The Morgan fingerprint density at radius 2 is 1.50 bits per heavy atom. The Morgan fingerprint density at radius 3 is 2.07 bits per heavy atom. The van der Waals surface area contributed by atoms with Gasteiger partial charge in [0.1, 0.15) is 6.04 Å². The van der Waals surface area contributed by atoms with Crippen molar-refractivity contribution >= 4 is 29.3 Å². The number of hydrogen-bond acceptors (Lipinski definition) is 3. The number of benzene rings is 2. The maximum absolute atomic E-state index is 12.2. The zero-order chi connectivity index (χ0) is 20.9. The summed E-state index contributed by atoms with van der Waals surface area (Å²) in [6, 6.07) is 12.8. The van der Waals surface area contributed by atoms with E-state index in [-0.39, 0.29) is 11.0 Å². The van der Waals surface area contributed by atoms with Gasteiger partial charge in [0, 0.05) is 5.56 Å². The first-order valence-corrected chi connectivity index (χ1v) is 9.23. The van der Waals surface area contributed by atoms with Crippen LogP contribution in [0.15, 0.2) is 48.5 Å².